The second-order valence-electron chi connectivity index (χ2n) is 4.61. The summed E-state index contributed by atoms with van der Waals surface area (Å²) >= 11 is 11.9. The lowest BCUT2D eigenvalue weighted by molar-refractivity contribution is -0.137. The van der Waals surface area contributed by atoms with Gasteiger partial charge in [-0.15, -0.1) is 0 Å². The highest BCUT2D eigenvalue weighted by atomic mass is 35.5. The van der Waals surface area contributed by atoms with Crippen molar-refractivity contribution in [2.75, 3.05) is 0 Å². The average molecular weight is 330 g/mol. The van der Waals surface area contributed by atoms with Crippen molar-refractivity contribution in [1.82, 2.24) is 0 Å². The van der Waals surface area contributed by atoms with E-state index in [0.717, 1.165) is 0 Å². The van der Waals surface area contributed by atoms with Crippen LogP contribution >= 0.6 is 23.2 Å². The quantitative estimate of drug-likeness (QED) is 0.797. The number of hydrogen-bond donors (Lipinski definition) is 2. The number of benzene rings is 1. The van der Waals surface area contributed by atoms with Gasteiger partial charge in [0.05, 0.1) is 11.5 Å². The third-order valence-electron chi connectivity index (χ3n) is 3.19. The van der Waals surface area contributed by atoms with Crippen molar-refractivity contribution in [1.29, 1.82) is 5.26 Å². The summed E-state index contributed by atoms with van der Waals surface area (Å²) in [4.78, 5) is 21.6. The van der Waals surface area contributed by atoms with Crippen molar-refractivity contribution >= 4 is 35.1 Å². The molecule has 0 aliphatic rings. The van der Waals surface area contributed by atoms with Crippen LogP contribution in [-0.2, 0) is 15.0 Å². The van der Waals surface area contributed by atoms with Crippen LogP contribution in [0.3, 0.4) is 0 Å². The largest absolute Gasteiger partial charge is 0.481 e. The number of nitriles is 1. The van der Waals surface area contributed by atoms with Crippen LogP contribution in [0.2, 0.25) is 10.0 Å². The molecule has 0 amide bonds. The van der Waals surface area contributed by atoms with Crippen molar-refractivity contribution in [2.24, 2.45) is 0 Å². The Kier molecular flexibility index (Phi) is 6.01. The highest BCUT2D eigenvalue weighted by molar-refractivity contribution is 6.35. The lowest BCUT2D eigenvalue weighted by atomic mass is 9.74. The van der Waals surface area contributed by atoms with E-state index in [9.17, 15) is 14.9 Å². The van der Waals surface area contributed by atoms with Crippen molar-refractivity contribution in [3.63, 3.8) is 0 Å². The maximum absolute atomic E-state index is 10.8. The second-order valence-corrected chi connectivity index (χ2v) is 5.45. The SMILES string of the molecule is N#CC(CCC(=O)O)(CCC(=O)O)c1ccc(Cl)cc1Cl. The Morgan fingerprint density at radius 2 is 1.67 bits per heavy atom. The number of hydrogen-bond acceptors (Lipinski definition) is 3. The van der Waals surface area contributed by atoms with E-state index >= 15 is 0 Å². The van der Waals surface area contributed by atoms with Crippen molar-refractivity contribution in [2.45, 2.75) is 31.1 Å². The molecule has 0 aliphatic carbocycles. The molecule has 0 aromatic heterocycles. The standard InChI is InChI=1S/C14H13Cl2NO4/c15-9-1-2-10(11(16)7-9)14(8-17,5-3-12(18)19)6-4-13(20)21/h1-2,7H,3-6H2,(H,18,19)(H,20,21). The van der Waals surface area contributed by atoms with Gasteiger partial charge < -0.3 is 10.2 Å². The van der Waals surface area contributed by atoms with E-state index in [0.29, 0.717) is 10.6 Å². The molecule has 7 heteroatoms. The highest BCUT2D eigenvalue weighted by Gasteiger charge is 2.35. The van der Waals surface area contributed by atoms with E-state index in [1.807, 2.05) is 6.07 Å². The molecule has 0 bridgehead atoms. The molecular formula is C14H13Cl2NO4. The number of carboxylic acid groups (broad SMARTS) is 2. The summed E-state index contributed by atoms with van der Waals surface area (Å²) in [5, 5.41) is 27.8. The lowest BCUT2D eigenvalue weighted by Gasteiger charge is -2.27. The maximum Gasteiger partial charge on any atom is 0.303 e. The van der Waals surface area contributed by atoms with Gasteiger partial charge in [0.1, 0.15) is 0 Å². The highest BCUT2D eigenvalue weighted by Crippen LogP contribution is 2.39. The van der Waals surface area contributed by atoms with Crippen molar-refractivity contribution in [3.05, 3.63) is 33.8 Å². The molecule has 1 rings (SSSR count). The average Bonchev–Trinajstić information content (AvgIpc) is 2.40. The van der Waals surface area contributed by atoms with Gasteiger partial charge in [0.15, 0.2) is 0 Å². The van der Waals surface area contributed by atoms with Gasteiger partial charge in [-0.05, 0) is 30.5 Å². The Hall–Kier alpha value is -1.77. The first kappa shape index (κ1) is 17.3. The summed E-state index contributed by atoms with van der Waals surface area (Å²) in [6.07, 6.45) is -0.556. The molecule has 0 spiro atoms. The minimum Gasteiger partial charge on any atom is -0.481 e. The zero-order valence-electron chi connectivity index (χ0n) is 11.0. The number of carbonyl (C=O) groups is 2. The van der Waals surface area contributed by atoms with E-state index < -0.39 is 17.4 Å². The van der Waals surface area contributed by atoms with Crippen molar-refractivity contribution in [3.8, 4) is 6.07 Å². The smallest absolute Gasteiger partial charge is 0.303 e. The van der Waals surface area contributed by atoms with Gasteiger partial charge in [-0.3, -0.25) is 9.59 Å². The Bertz CT molecular complexity index is 577. The fourth-order valence-corrected chi connectivity index (χ4v) is 2.67. The summed E-state index contributed by atoms with van der Waals surface area (Å²) in [6, 6.07) is 6.58. The predicted octanol–water partition coefficient (Wildman–Crippen LogP) is 3.48. The number of halogens is 2. The lowest BCUT2D eigenvalue weighted by Crippen LogP contribution is -2.27. The zero-order valence-corrected chi connectivity index (χ0v) is 12.5. The van der Waals surface area contributed by atoms with Crippen molar-refractivity contribution < 1.29 is 19.8 Å². The van der Waals surface area contributed by atoms with Crippen LogP contribution in [0.5, 0.6) is 0 Å². The molecule has 112 valence electrons. The molecule has 1 aromatic rings. The minimum atomic E-state index is -1.27. The second kappa shape index (κ2) is 7.30. The molecule has 0 atom stereocenters. The predicted molar refractivity (Wildman–Crippen MR) is 77.5 cm³/mol. The summed E-state index contributed by atoms with van der Waals surface area (Å²) < 4.78 is 0. The van der Waals surface area contributed by atoms with E-state index in [1.165, 1.54) is 18.2 Å². The molecular weight excluding hydrogens is 317 g/mol. The van der Waals surface area contributed by atoms with Crippen LogP contribution < -0.4 is 0 Å². The normalized spacial score (nSPS) is 10.9. The third kappa shape index (κ3) is 4.62. The Balaban J connectivity index is 3.23. The molecule has 0 saturated heterocycles. The van der Waals surface area contributed by atoms with Crippen LogP contribution in [0, 0.1) is 11.3 Å². The van der Waals surface area contributed by atoms with Gasteiger partial charge in [-0.1, -0.05) is 29.3 Å². The van der Waals surface area contributed by atoms with Gasteiger partial charge in [-0.2, -0.15) is 5.26 Å². The molecule has 0 aliphatic heterocycles. The fourth-order valence-electron chi connectivity index (χ4n) is 2.08. The van der Waals surface area contributed by atoms with Crippen LogP contribution in [0.25, 0.3) is 0 Å². The summed E-state index contributed by atoms with van der Waals surface area (Å²) in [5.41, 5.74) is -0.864. The topological polar surface area (TPSA) is 98.4 Å². The first-order valence-electron chi connectivity index (χ1n) is 6.11. The van der Waals surface area contributed by atoms with E-state index in [4.69, 9.17) is 33.4 Å². The van der Waals surface area contributed by atoms with Gasteiger partial charge in [-0.25, -0.2) is 0 Å². The Morgan fingerprint density at radius 3 is 2.05 bits per heavy atom. The number of aliphatic carboxylic acids is 2. The molecule has 0 fully saturated rings. The summed E-state index contributed by atoms with van der Waals surface area (Å²) in [5.74, 6) is -2.12. The molecule has 1 aromatic carbocycles. The molecule has 2 N–H and O–H groups in total. The summed E-state index contributed by atoms with van der Waals surface area (Å²) in [7, 11) is 0. The van der Waals surface area contributed by atoms with Crippen LogP contribution in [0.15, 0.2) is 18.2 Å². The molecule has 0 saturated carbocycles. The molecule has 21 heavy (non-hydrogen) atoms. The first-order valence-corrected chi connectivity index (χ1v) is 6.87. The van der Waals surface area contributed by atoms with Gasteiger partial charge in [0, 0.05) is 22.9 Å². The minimum absolute atomic E-state index is 0.0204. The molecule has 0 radical (unpaired) electrons. The fraction of sp³-hybridized carbons (Fsp3) is 0.357. The number of nitrogens with zero attached hydrogens (tertiary/aromatic N) is 1. The molecule has 5 nitrogen and oxygen atoms in total. The number of rotatable bonds is 7. The van der Waals surface area contributed by atoms with E-state index in [-0.39, 0.29) is 30.7 Å². The molecule has 0 unspecified atom stereocenters. The van der Waals surface area contributed by atoms with E-state index in [1.54, 1.807) is 0 Å². The van der Waals surface area contributed by atoms with Gasteiger partial charge in [0.2, 0.25) is 0 Å². The van der Waals surface area contributed by atoms with E-state index in [2.05, 4.69) is 0 Å². The molecule has 0 heterocycles. The van der Waals surface area contributed by atoms with Crippen LogP contribution in [0.1, 0.15) is 31.2 Å². The van der Waals surface area contributed by atoms with Gasteiger partial charge in [0.25, 0.3) is 0 Å². The maximum atomic E-state index is 10.8. The first-order chi connectivity index (χ1) is 9.80. The van der Waals surface area contributed by atoms with Gasteiger partial charge >= 0.3 is 11.9 Å². The third-order valence-corrected chi connectivity index (χ3v) is 3.74. The Labute approximate surface area is 131 Å². The summed E-state index contributed by atoms with van der Waals surface area (Å²) in [6.45, 7) is 0. The number of carboxylic acids is 2. The Morgan fingerprint density at radius 1 is 1.14 bits per heavy atom. The van der Waals surface area contributed by atoms with Crippen LogP contribution in [-0.4, -0.2) is 22.2 Å². The van der Waals surface area contributed by atoms with Crippen LogP contribution in [0.4, 0.5) is 0 Å². The zero-order chi connectivity index (χ0) is 16.0. The monoisotopic (exact) mass is 329 g/mol.